The average Bonchev–Trinajstić information content (AvgIpc) is 1.18. The van der Waals surface area contributed by atoms with Gasteiger partial charge < -0.3 is 112 Å². The van der Waals surface area contributed by atoms with Gasteiger partial charge in [-0.2, -0.15) is 10.1 Å². The van der Waals surface area contributed by atoms with Crippen molar-refractivity contribution >= 4 is 69.1 Å². The predicted octanol–water partition coefficient (Wildman–Crippen LogP) is 7.57. The molecule has 4 aliphatic rings. The Morgan fingerprint density at radius 2 is 1.40 bits per heavy atom. The molecule has 3 aliphatic heterocycles. The Balaban J connectivity index is 0.590. The summed E-state index contributed by atoms with van der Waals surface area (Å²) in [5, 5.41) is 52.6. The summed E-state index contributed by atoms with van der Waals surface area (Å²) in [5.74, 6) is -11.2. The van der Waals surface area contributed by atoms with Crippen molar-refractivity contribution in [1.82, 2.24) is 49.9 Å². The van der Waals surface area contributed by atoms with Crippen molar-refractivity contribution in [3.8, 4) is 11.3 Å². The van der Waals surface area contributed by atoms with E-state index >= 15 is 0 Å². The van der Waals surface area contributed by atoms with Crippen molar-refractivity contribution in [2.45, 2.75) is 219 Å². The summed E-state index contributed by atoms with van der Waals surface area (Å²) in [6, 6.07) is 4.31. The summed E-state index contributed by atoms with van der Waals surface area (Å²) in [4.78, 5) is 98.7. The molecule has 128 heavy (non-hydrogen) atoms. The highest BCUT2D eigenvalue weighted by molar-refractivity contribution is 6.39. The number of aryl methyl sites for hydroxylation is 1. The number of nitrogen functional groups attached to an aromatic ring is 2. The molecule has 3 fully saturated rings. The second kappa shape index (κ2) is 53.9. The van der Waals surface area contributed by atoms with Crippen LogP contribution >= 0.6 is 0 Å². The molecule has 0 spiro atoms. The number of nitrogens with two attached hydrogens (primary N) is 2. The maximum absolute atomic E-state index is 14.8. The third-order valence-electron chi connectivity index (χ3n) is 23.8. The number of cyclic esters (lactones) is 1. The second-order valence-corrected chi connectivity index (χ2v) is 33.7. The van der Waals surface area contributed by atoms with Crippen LogP contribution in [0.5, 0.6) is 0 Å². The van der Waals surface area contributed by atoms with Crippen LogP contribution in [-0.4, -0.2) is 303 Å². The van der Waals surface area contributed by atoms with E-state index in [0.29, 0.717) is 214 Å². The Morgan fingerprint density at radius 3 is 2.07 bits per heavy atom. The number of carbonyl (C=O) groups is 6. The van der Waals surface area contributed by atoms with Crippen LogP contribution in [0.3, 0.4) is 0 Å². The van der Waals surface area contributed by atoms with E-state index in [0.717, 1.165) is 29.7 Å². The van der Waals surface area contributed by atoms with Gasteiger partial charge in [-0.05, 0) is 132 Å². The number of nitrogens with one attached hydrogen (secondary N) is 1. The SMILES string of the molecule is CO[C@H]1C[C@]2(O)CC[C@@H](C)[C@@](O)(O2)C(=O)C(=O)N2CCCC[C@H]2C(=O)O[C@H]([C@H](C)C[C@@H]2CC[C@@H](OCCOCc3cn(CCOCCOCCOCCOCCOCCOCCOCCOCCC(=O)NCCCCn4nc(-c5ccc6oc(N)nc6c5)c5c(N)ncnc54)nn3)[C@H](OC)C2)CC(=O)[C@H](C)/C=C(\C)[C@@H](O)[C@@H](OC)C(=O)[C@H](C)C[C@H](C)/C=C/C=CC=C1C. The number of aliphatic hydroxyl groups is 3. The molecule has 15 atom stereocenters. The van der Waals surface area contributed by atoms with Gasteiger partial charge in [-0.15, -0.1) is 5.10 Å². The number of anilines is 2. The van der Waals surface area contributed by atoms with Gasteiger partial charge in [-0.3, -0.25) is 24.0 Å². The van der Waals surface area contributed by atoms with Crippen molar-refractivity contribution < 1.29 is 120 Å². The molecule has 1 saturated carbocycles. The second-order valence-electron chi connectivity index (χ2n) is 33.7. The van der Waals surface area contributed by atoms with E-state index in [4.69, 9.17) is 92.0 Å². The molecule has 37 nitrogen and oxygen atoms in total. The van der Waals surface area contributed by atoms with Crippen molar-refractivity contribution in [3.63, 3.8) is 0 Å². The summed E-state index contributed by atoms with van der Waals surface area (Å²) < 4.78 is 95.9. The summed E-state index contributed by atoms with van der Waals surface area (Å²) in [7, 11) is 4.47. The van der Waals surface area contributed by atoms with E-state index in [2.05, 4.69) is 30.6 Å². The topological polar surface area (TPSA) is 469 Å². The molecule has 712 valence electrons. The number of Topliss-reactive ketones (excluding diaryl/α,β-unsaturated/α-hetero) is 3. The summed E-state index contributed by atoms with van der Waals surface area (Å²) in [5.41, 5.74) is 16.9. The summed E-state index contributed by atoms with van der Waals surface area (Å²) >= 11 is 0. The Kier molecular flexibility index (Phi) is 43.5. The number of aliphatic hydroxyl groups excluding tert-OH is 1. The molecular weight excluding hydrogens is 1660 g/mol. The molecule has 1 aliphatic carbocycles. The molecule has 1 aromatic carbocycles. The highest BCUT2D eigenvalue weighted by Gasteiger charge is 2.57. The van der Waals surface area contributed by atoms with Crippen LogP contribution < -0.4 is 16.8 Å². The van der Waals surface area contributed by atoms with Crippen LogP contribution in [0, 0.1) is 35.5 Å². The lowest BCUT2D eigenvalue weighted by Gasteiger charge is -2.46. The van der Waals surface area contributed by atoms with Crippen molar-refractivity contribution in [2.75, 3.05) is 165 Å². The lowest BCUT2D eigenvalue weighted by atomic mass is 9.78. The molecule has 9 rings (SSSR count). The lowest BCUT2D eigenvalue weighted by Crippen LogP contribution is -2.63. The number of rotatable bonds is 45. The number of ketones is 3. The van der Waals surface area contributed by atoms with Crippen molar-refractivity contribution in [1.29, 1.82) is 0 Å². The monoisotopic (exact) mass is 1800 g/mol. The van der Waals surface area contributed by atoms with Gasteiger partial charge in [0.15, 0.2) is 22.8 Å². The van der Waals surface area contributed by atoms with Crippen LogP contribution in [0.1, 0.15) is 150 Å². The third kappa shape index (κ3) is 32.0. The number of benzene rings is 1. The molecular formula is C91H138N12O25. The zero-order chi connectivity index (χ0) is 92.0. The van der Waals surface area contributed by atoms with Crippen molar-refractivity contribution in [2.24, 2.45) is 35.5 Å². The van der Waals surface area contributed by atoms with Crippen molar-refractivity contribution in [3.05, 3.63) is 84.0 Å². The number of hydrogen-bond donors (Lipinski definition) is 6. The fourth-order valence-corrected chi connectivity index (χ4v) is 16.4. The summed E-state index contributed by atoms with van der Waals surface area (Å²) in [6.07, 6.45) is 14.7. The molecule has 2 saturated heterocycles. The Labute approximate surface area is 749 Å². The molecule has 7 heterocycles. The molecule has 37 heteroatoms. The van der Waals surface area contributed by atoms with Gasteiger partial charge in [0.05, 0.1) is 162 Å². The fourth-order valence-electron chi connectivity index (χ4n) is 16.4. The number of nitrogens with zero attached hydrogens (tertiary/aromatic N) is 9. The van der Waals surface area contributed by atoms with Crippen LogP contribution in [0.2, 0.25) is 0 Å². The van der Waals surface area contributed by atoms with Gasteiger partial charge in [-0.25, -0.2) is 24.1 Å². The molecule has 0 radical (unpaired) electrons. The molecule has 2 bridgehead atoms. The third-order valence-corrected chi connectivity index (χ3v) is 23.8. The summed E-state index contributed by atoms with van der Waals surface area (Å²) in [6.45, 7) is 21.1. The molecule has 0 unspecified atom stereocenters. The number of unbranched alkanes of at least 4 members (excludes halogenated alkanes) is 1. The molecule has 8 N–H and O–H groups in total. The Morgan fingerprint density at radius 1 is 0.727 bits per heavy atom. The van der Waals surface area contributed by atoms with Crippen LogP contribution in [0.15, 0.2) is 82.7 Å². The zero-order valence-corrected chi connectivity index (χ0v) is 76.2. The average molecular weight is 1800 g/mol. The number of oxazole rings is 1. The van der Waals surface area contributed by atoms with Crippen LogP contribution in [-0.2, 0) is 120 Å². The maximum atomic E-state index is 14.8. The van der Waals surface area contributed by atoms with E-state index in [1.807, 2.05) is 44.2 Å². The first-order chi connectivity index (χ1) is 61.7. The number of piperidine rings is 1. The number of aromatic nitrogens is 8. The first-order valence-electron chi connectivity index (χ1n) is 45.1. The number of allylic oxidation sites excluding steroid dienone is 6. The van der Waals surface area contributed by atoms with Gasteiger partial charge in [0.25, 0.3) is 17.7 Å². The molecule has 2 amide bonds. The minimum absolute atomic E-state index is 0.00898. The number of amides is 2. The van der Waals surface area contributed by atoms with Gasteiger partial charge in [0, 0.05) is 90.0 Å². The number of esters is 1. The Hall–Kier alpha value is -8.32. The quantitative estimate of drug-likeness (QED) is 0.00946. The minimum Gasteiger partial charge on any atom is -0.460 e. The first kappa shape index (κ1) is 103. The zero-order valence-electron chi connectivity index (χ0n) is 76.2. The van der Waals surface area contributed by atoms with E-state index in [1.165, 1.54) is 20.5 Å². The fraction of sp³-hybridized carbons (Fsp3) is 0.692. The number of hydrogen-bond acceptors (Lipinski definition) is 33. The van der Waals surface area contributed by atoms with Gasteiger partial charge in [0.2, 0.25) is 11.7 Å². The van der Waals surface area contributed by atoms with Gasteiger partial charge in [-0.1, -0.05) is 76.3 Å². The van der Waals surface area contributed by atoms with Gasteiger partial charge in [0.1, 0.15) is 59.2 Å². The Bertz CT molecular complexity index is 4380. The normalized spacial score (nSPS) is 26.4. The minimum atomic E-state index is -2.76. The highest BCUT2D eigenvalue weighted by Crippen LogP contribution is 2.43. The highest BCUT2D eigenvalue weighted by atomic mass is 16.7. The smallest absolute Gasteiger partial charge is 0.329 e. The number of ether oxygens (including phenoxy) is 15. The van der Waals surface area contributed by atoms with Crippen LogP contribution in [0.25, 0.3) is 33.4 Å². The van der Waals surface area contributed by atoms with E-state index in [1.54, 1.807) is 81.6 Å². The standard InChI is InChI=1S/C91H138N12O25/c1-60-18-12-11-13-19-61(2)77(114-9)56-90(111)27-25-66(7)91(112,128-90)84(108)87(109)102-29-16-14-20-71(102)88(110)126-75(55-72(104)62(3)51-65(6)82(107)83(115-10)81(106)64(5)50-60)63(4)52-67-21-23-74(76(53-67)113-8)125-49-48-124-58-69-57-101(100-98-69)31-33-117-35-37-119-39-41-121-43-45-123-47-46-122-44-42-120-40-38-118-36-34-116-32-26-78(105)94-28-15-17-30-103-86-79(85(92)95-59-96-86)80(99-103)68-22-24-73-70(54-68)97-89(93)127-73/h11-13,18-19,22,24,51,54,57,59-60,62-64,66-67,71,74-77,82-83,107,111-112H,14-17,20-21,23,25-50,52-53,55-56,58H2,1-10H3,(H2,93,97)(H,94,105)(H2,92,95,96)/b13-11?,18-12+,61-19?,65-51+/t60-,62-,63-,64-,66-,67+,71+,74-,75+,76-,77+,82-,83+,90+,91-/m1/s1. The number of methoxy groups -OCH3 is 3. The number of carbonyl (C=O) groups excluding carboxylic acids is 6. The maximum Gasteiger partial charge on any atom is 0.329 e. The molecule has 5 aromatic rings. The largest absolute Gasteiger partial charge is 0.460 e. The van der Waals surface area contributed by atoms with E-state index < -0.39 is 83.4 Å². The van der Waals surface area contributed by atoms with Gasteiger partial charge >= 0.3 is 5.97 Å². The lowest BCUT2D eigenvalue weighted by molar-refractivity contribution is -0.360. The van der Waals surface area contributed by atoms with Crippen LogP contribution in [0.4, 0.5) is 11.8 Å². The molecule has 4 aromatic heterocycles. The van der Waals surface area contributed by atoms with E-state index in [-0.39, 0.29) is 112 Å². The first-order valence-corrected chi connectivity index (χ1v) is 45.1. The number of fused-ring (bicyclic) bond motifs is 5. The van der Waals surface area contributed by atoms with E-state index in [9.17, 15) is 44.1 Å². The predicted molar refractivity (Wildman–Crippen MR) is 470 cm³/mol.